The molecule has 0 aromatic rings. The lowest BCUT2D eigenvalue weighted by atomic mass is 10.3. The molecule has 0 atom stereocenters. The number of rotatable bonds is 8. The zero-order valence-electron chi connectivity index (χ0n) is 10.1. The summed E-state index contributed by atoms with van der Waals surface area (Å²) < 4.78 is 0. The lowest BCUT2D eigenvalue weighted by Gasteiger charge is -2.22. The Balaban J connectivity index is 3.76. The molecule has 0 aromatic carbocycles. The molecule has 0 bridgehead atoms. The van der Waals surface area contributed by atoms with Crippen LogP contribution in [0.25, 0.3) is 0 Å². The molecule has 3 nitrogen and oxygen atoms in total. The Morgan fingerprint density at radius 3 is 2.07 bits per heavy atom. The van der Waals surface area contributed by atoms with Crippen molar-refractivity contribution in [3.63, 3.8) is 0 Å². The van der Waals surface area contributed by atoms with Crippen LogP contribution in [0.4, 0.5) is 0 Å². The molecule has 0 fully saturated rings. The van der Waals surface area contributed by atoms with Gasteiger partial charge < -0.3 is 9.80 Å². The highest BCUT2D eigenvalue weighted by molar-refractivity contribution is 6.27. The third-order valence-electron chi connectivity index (χ3n) is 2.65. The fraction of sp³-hybridized carbons (Fsp3) is 0.909. The summed E-state index contributed by atoms with van der Waals surface area (Å²) in [6, 6.07) is 0. The molecule has 0 saturated heterocycles. The predicted molar refractivity (Wildman–Crippen MR) is 65.4 cm³/mol. The van der Waals surface area contributed by atoms with Crippen LogP contribution in [0.1, 0.15) is 27.2 Å². The standard InChI is InChI=1S/C11H23ClN2O/c1-4-13(5-2)8-7-9-14(6-3)11(15)10-12/h4-10H2,1-3H3. The maximum atomic E-state index is 11.3. The van der Waals surface area contributed by atoms with E-state index in [4.69, 9.17) is 11.6 Å². The van der Waals surface area contributed by atoms with E-state index in [1.54, 1.807) is 0 Å². The predicted octanol–water partition coefficient (Wildman–Crippen LogP) is 1.81. The van der Waals surface area contributed by atoms with Gasteiger partial charge in [0, 0.05) is 13.1 Å². The summed E-state index contributed by atoms with van der Waals surface area (Å²) in [5.41, 5.74) is 0. The molecule has 1 amide bonds. The van der Waals surface area contributed by atoms with Gasteiger partial charge in [0.1, 0.15) is 5.88 Å². The molecule has 0 aromatic heterocycles. The largest absolute Gasteiger partial charge is 0.342 e. The van der Waals surface area contributed by atoms with Gasteiger partial charge in [0.05, 0.1) is 0 Å². The minimum absolute atomic E-state index is 0.0405. The van der Waals surface area contributed by atoms with Gasteiger partial charge in [0.25, 0.3) is 0 Å². The van der Waals surface area contributed by atoms with E-state index in [1.807, 2.05) is 11.8 Å². The van der Waals surface area contributed by atoms with Gasteiger partial charge in [0.2, 0.25) is 5.91 Å². The first kappa shape index (κ1) is 14.7. The number of nitrogens with zero attached hydrogens (tertiary/aromatic N) is 2. The molecule has 0 aliphatic rings. The molecule has 0 radical (unpaired) electrons. The molecule has 0 heterocycles. The van der Waals surface area contributed by atoms with E-state index >= 15 is 0 Å². The Kier molecular flexibility index (Phi) is 8.82. The maximum Gasteiger partial charge on any atom is 0.237 e. The van der Waals surface area contributed by atoms with Crippen LogP contribution in [0.2, 0.25) is 0 Å². The van der Waals surface area contributed by atoms with Crippen molar-refractivity contribution in [1.82, 2.24) is 9.80 Å². The van der Waals surface area contributed by atoms with E-state index in [-0.39, 0.29) is 11.8 Å². The van der Waals surface area contributed by atoms with E-state index in [1.165, 1.54) is 0 Å². The van der Waals surface area contributed by atoms with Crippen molar-refractivity contribution >= 4 is 17.5 Å². The molecule has 0 rings (SSSR count). The quantitative estimate of drug-likeness (QED) is 0.598. The zero-order chi connectivity index (χ0) is 11.7. The van der Waals surface area contributed by atoms with E-state index < -0.39 is 0 Å². The maximum absolute atomic E-state index is 11.3. The number of amides is 1. The van der Waals surface area contributed by atoms with Crippen LogP contribution in [-0.4, -0.2) is 54.3 Å². The van der Waals surface area contributed by atoms with Crippen LogP contribution in [0, 0.1) is 0 Å². The second-order valence-corrected chi connectivity index (χ2v) is 3.75. The molecular formula is C11H23ClN2O. The van der Waals surface area contributed by atoms with Gasteiger partial charge in [-0.1, -0.05) is 13.8 Å². The number of alkyl halides is 1. The van der Waals surface area contributed by atoms with Crippen molar-refractivity contribution in [2.45, 2.75) is 27.2 Å². The Bertz CT molecular complexity index is 172. The summed E-state index contributed by atoms with van der Waals surface area (Å²) in [5.74, 6) is 0.137. The third-order valence-corrected chi connectivity index (χ3v) is 2.87. The van der Waals surface area contributed by atoms with Gasteiger partial charge in [-0.25, -0.2) is 0 Å². The summed E-state index contributed by atoms with van der Waals surface area (Å²) in [6.07, 6.45) is 1.03. The molecule has 0 aliphatic heterocycles. The SMILES string of the molecule is CCN(CC)CCCN(CC)C(=O)CCl. The Morgan fingerprint density at radius 2 is 1.67 bits per heavy atom. The number of hydrogen-bond acceptors (Lipinski definition) is 2. The van der Waals surface area contributed by atoms with Crippen LogP contribution in [0.3, 0.4) is 0 Å². The summed E-state index contributed by atoms with van der Waals surface area (Å²) in [5, 5.41) is 0. The van der Waals surface area contributed by atoms with E-state index in [0.29, 0.717) is 0 Å². The third kappa shape index (κ3) is 6.00. The number of halogens is 1. The molecule has 0 aliphatic carbocycles. The molecule has 0 saturated carbocycles. The topological polar surface area (TPSA) is 23.6 Å². The summed E-state index contributed by atoms with van der Waals surface area (Å²) in [6.45, 7) is 11.1. The van der Waals surface area contributed by atoms with E-state index in [0.717, 1.165) is 39.1 Å². The van der Waals surface area contributed by atoms with Crippen molar-refractivity contribution in [2.75, 3.05) is 38.6 Å². The molecular weight excluding hydrogens is 212 g/mol. The molecule has 90 valence electrons. The number of carbonyl (C=O) groups is 1. The van der Waals surface area contributed by atoms with Crippen LogP contribution in [0.15, 0.2) is 0 Å². The highest BCUT2D eigenvalue weighted by Gasteiger charge is 2.09. The first-order valence-corrected chi connectivity index (χ1v) is 6.29. The summed E-state index contributed by atoms with van der Waals surface area (Å²) in [7, 11) is 0. The number of hydrogen-bond donors (Lipinski definition) is 0. The molecule has 0 N–H and O–H groups in total. The zero-order valence-corrected chi connectivity index (χ0v) is 10.9. The summed E-state index contributed by atoms with van der Waals surface area (Å²) in [4.78, 5) is 15.5. The van der Waals surface area contributed by atoms with Gasteiger partial charge in [-0.15, -0.1) is 11.6 Å². The van der Waals surface area contributed by atoms with Crippen LogP contribution < -0.4 is 0 Å². The van der Waals surface area contributed by atoms with Gasteiger partial charge in [-0.3, -0.25) is 4.79 Å². The minimum Gasteiger partial charge on any atom is -0.342 e. The minimum atomic E-state index is 0.0405. The van der Waals surface area contributed by atoms with Crippen molar-refractivity contribution < 1.29 is 4.79 Å². The summed E-state index contributed by atoms with van der Waals surface area (Å²) >= 11 is 5.52. The number of carbonyl (C=O) groups excluding carboxylic acids is 1. The molecule has 0 spiro atoms. The first-order chi connectivity index (χ1) is 7.19. The Hall–Kier alpha value is -0.280. The van der Waals surface area contributed by atoms with Crippen molar-refractivity contribution in [3.8, 4) is 0 Å². The fourth-order valence-electron chi connectivity index (χ4n) is 1.57. The second-order valence-electron chi connectivity index (χ2n) is 3.49. The smallest absolute Gasteiger partial charge is 0.237 e. The van der Waals surface area contributed by atoms with Crippen molar-refractivity contribution in [3.05, 3.63) is 0 Å². The molecule has 15 heavy (non-hydrogen) atoms. The lowest BCUT2D eigenvalue weighted by Crippen LogP contribution is -2.35. The van der Waals surface area contributed by atoms with Crippen LogP contribution in [0.5, 0.6) is 0 Å². The molecule has 4 heteroatoms. The first-order valence-electron chi connectivity index (χ1n) is 5.75. The van der Waals surface area contributed by atoms with Gasteiger partial charge in [-0.05, 0) is 33.0 Å². The van der Waals surface area contributed by atoms with Gasteiger partial charge >= 0.3 is 0 Å². The normalized spacial score (nSPS) is 10.7. The lowest BCUT2D eigenvalue weighted by molar-refractivity contribution is -0.128. The monoisotopic (exact) mass is 234 g/mol. The highest BCUT2D eigenvalue weighted by Crippen LogP contribution is 1.97. The van der Waals surface area contributed by atoms with Crippen molar-refractivity contribution in [1.29, 1.82) is 0 Å². The Labute approximate surface area is 98.4 Å². The van der Waals surface area contributed by atoms with Gasteiger partial charge in [0.15, 0.2) is 0 Å². The van der Waals surface area contributed by atoms with E-state index in [9.17, 15) is 4.79 Å². The van der Waals surface area contributed by atoms with Crippen molar-refractivity contribution in [2.24, 2.45) is 0 Å². The highest BCUT2D eigenvalue weighted by atomic mass is 35.5. The fourth-order valence-corrected chi connectivity index (χ4v) is 1.74. The van der Waals surface area contributed by atoms with Crippen LogP contribution >= 0.6 is 11.6 Å². The average molecular weight is 235 g/mol. The van der Waals surface area contributed by atoms with E-state index in [2.05, 4.69) is 18.7 Å². The van der Waals surface area contributed by atoms with Crippen LogP contribution in [-0.2, 0) is 4.79 Å². The average Bonchev–Trinajstić information content (AvgIpc) is 2.28. The Morgan fingerprint density at radius 1 is 1.07 bits per heavy atom. The second kappa shape index (κ2) is 8.98. The molecule has 0 unspecified atom stereocenters. The van der Waals surface area contributed by atoms with Gasteiger partial charge in [-0.2, -0.15) is 0 Å².